The minimum absolute atomic E-state index is 0.149. The number of carbonyl (C=O) groups is 1. The third-order valence-electron chi connectivity index (χ3n) is 4.90. The van der Waals surface area contributed by atoms with Crippen molar-refractivity contribution < 1.29 is 9.53 Å². The predicted octanol–water partition coefficient (Wildman–Crippen LogP) is 2.37. The highest BCUT2D eigenvalue weighted by Crippen LogP contribution is 2.30. The second kappa shape index (κ2) is 7.40. The number of hydrogen-bond donors (Lipinski definition) is 3. The normalized spacial score (nSPS) is 11.2. The van der Waals surface area contributed by atoms with E-state index in [-0.39, 0.29) is 17.2 Å². The number of nitrogens with two attached hydrogens (primary N) is 1. The number of aromatic nitrogens is 3. The summed E-state index contributed by atoms with van der Waals surface area (Å²) < 4.78 is 5.02. The minimum Gasteiger partial charge on any atom is -0.396 e. The molecule has 0 spiro atoms. The smallest absolute Gasteiger partial charge is 0.276 e. The summed E-state index contributed by atoms with van der Waals surface area (Å²) in [6, 6.07) is 12.6. The molecule has 8 nitrogen and oxygen atoms in total. The molecule has 8 heteroatoms. The van der Waals surface area contributed by atoms with Gasteiger partial charge in [-0.05, 0) is 24.3 Å². The molecule has 4 rings (SSSR count). The number of methoxy groups -OCH3 is 1. The van der Waals surface area contributed by atoms with Crippen molar-refractivity contribution in [3.8, 4) is 11.4 Å². The second-order valence-corrected chi connectivity index (χ2v) is 6.83. The minimum atomic E-state index is -0.355. The van der Waals surface area contributed by atoms with Gasteiger partial charge >= 0.3 is 0 Å². The van der Waals surface area contributed by atoms with Gasteiger partial charge in [-0.25, -0.2) is 4.98 Å². The van der Waals surface area contributed by atoms with Gasteiger partial charge in [-0.3, -0.25) is 9.59 Å². The molecule has 2 aromatic heterocycles. The molecule has 4 aromatic rings. The molecule has 0 unspecified atom stereocenters. The summed E-state index contributed by atoms with van der Waals surface area (Å²) in [5.41, 5.74) is 9.36. The number of likely N-dealkylation sites (N-methyl/N-ethyl adjacent to an activating group) is 1. The zero-order valence-electron chi connectivity index (χ0n) is 16.2. The Morgan fingerprint density at radius 2 is 1.97 bits per heavy atom. The molecule has 0 saturated heterocycles. The summed E-state index contributed by atoms with van der Waals surface area (Å²) in [5, 5.41) is 0.826. The van der Waals surface area contributed by atoms with Gasteiger partial charge in [0.25, 0.3) is 11.5 Å². The number of benzene rings is 2. The van der Waals surface area contributed by atoms with Gasteiger partial charge in [-0.1, -0.05) is 18.2 Å². The van der Waals surface area contributed by atoms with Crippen molar-refractivity contribution in [2.24, 2.45) is 0 Å². The number of ether oxygens (including phenoxy) is 1. The van der Waals surface area contributed by atoms with E-state index in [2.05, 4.69) is 15.0 Å². The first kappa shape index (κ1) is 18.7. The Morgan fingerprint density at radius 1 is 1.17 bits per heavy atom. The van der Waals surface area contributed by atoms with Crippen LogP contribution in [0.25, 0.3) is 33.3 Å². The van der Waals surface area contributed by atoms with E-state index in [1.165, 1.54) is 0 Å². The third kappa shape index (κ3) is 3.34. The van der Waals surface area contributed by atoms with E-state index in [1.807, 2.05) is 24.3 Å². The quantitative estimate of drug-likeness (QED) is 0.483. The number of anilines is 1. The zero-order valence-corrected chi connectivity index (χ0v) is 16.2. The Morgan fingerprint density at radius 3 is 2.72 bits per heavy atom. The second-order valence-electron chi connectivity index (χ2n) is 6.83. The van der Waals surface area contributed by atoms with Gasteiger partial charge in [0.15, 0.2) is 5.69 Å². The summed E-state index contributed by atoms with van der Waals surface area (Å²) in [4.78, 5) is 37.3. The fourth-order valence-electron chi connectivity index (χ4n) is 3.29. The first-order chi connectivity index (χ1) is 14.0. The Labute approximate surface area is 166 Å². The molecular weight excluding hydrogens is 370 g/mol. The van der Waals surface area contributed by atoms with E-state index in [1.54, 1.807) is 37.3 Å². The molecule has 0 fully saturated rings. The van der Waals surface area contributed by atoms with Crippen LogP contribution in [-0.2, 0) is 4.74 Å². The number of amides is 1. The van der Waals surface area contributed by atoms with Crippen molar-refractivity contribution in [1.29, 1.82) is 0 Å². The average Bonchev–Trinajstić information content (AvgIpc) is 3.07. The number of aromatic amines is 2. The lowest BCUT2D eigenvalue weighted by Gasteiger charge is -2.16. The number of carbonyl (C=O) groups excluding carboxylic acids is 1. The van der Waals surface area contributed by atoms with Gasteiger partial charge in [0.2, 0.25) is 0 Å². The van der Waals surface area contributed by atoms with Crippen molar-refractivity contribution in [2.75, 3.05) is 33.0 Å². The fraction of sp³-hybridized carbons (Fsp3) is 0.190. The Hall–Kier alpha value is -3.65. The van der Waals surface area contributed by atoms with Crippen LogP contribution in [-0.4, -0.2) is 53.1 Å². The number of hydrogen-bond acceptors (Lipinski definition) is 5. The highest BCUT2D eigenvalue weighted by atomic mass is 16.5. The number of H-pyrrole nitrogens is 2. The summed E-state index contributed by atoms with van der Waals surface area (Å²) in [5.74, 6) is -0.149. The number of para-hydroxylation sites is 1. The van der Waals surface area contributed by atoms with E-state index in [9.17, 15) is 9.59 Å². The first-order valence-electron chi connectivity index (χ1n) is 9.14. The van der Waals surface area contributed by atoms with Crippen LogP contribution in [0.2, 0.25) is 0 Å². The Kier molecular flexibility index (Phi) is 4.77. The van der Waals surface area contributed by atoms with Gasteiger partial charge in [0.05, 0.1) is 29.0 Å². The van der Waals surface area contributed by atoms with Gasteiger partial charge in [0, 0.05) is 37.2 Å². The van der Waals surface area contributed by atoms with Crippen LogP contribution < -0.4 is 11.3 Å². The molecule has 1 amide bonds. The lowest BCUT2D eigenvalue weighted by Crippen LogP contribution is -2.29. The Bertz CT molecular complexity index is 1270. The SMILES string of the molecule is COCCN(C)C(=O)c1ccc2[nH]c(=O)c(-c3[nH]c4ccccc4c3N)nc2c1. The molecule has 2 heterocycles. The van der Waals surface area contributed by atoms with Gasteiger partial charge in [0.1, 0.15) is 0 Å². The van der Waals surface area contributed by atoms with Crippen LogP contribution in [0.5, 0.6) is 0 Å². The number of nitrogen functional groups attached to an aromatic ring is 1. The van der Waals surface area contributed by atoms with Crippen LogP contribution in [0.1, 0.15) is 10.4 Å². The summed E-state index contributed by atoms with van der Waals surface area (Å²) in [7, 11) is 3.30. The molecule has 0 aliphatic heterocycles. The molecule has 29 heavy (non-hydrogen) atoms. The van der Waals surface area contributed by atoms with Crippen molar-refractivity contribution >= 4 is 33.5 Å². The molecule has 2 aromatic carbocycles. The van der Waals surface area contributed by atoms with Crippen LogP contribution in [0.15, 0.2) is 47.3 Å². The maximum absolute atomic E-state index is 12.6. The molecule has 0 saturated carbocycles. The zero-order chi connectivity index (χ0) is 20.5. The van der Waals surface area contributed by atoms with E-state index in [4.69, 9.17) is 10.5 Å². The standard InChI is InChI=1S/C21H21N5O3/c1-26(9-10-29-2)21(28)12-7-8-15-16(11-12)24-19(20(27)25-15)18-17(22)13-5-3-4-6-14(13)23-18/h3-8,11,23H,9-10,22H2,1-2H3,(H,25,27). The van der Waals surface area contributed by atoms with Gasteiger partial charge in [-0.15, -0.1) is 0 Å². The molecule has 148 valence electrons. The molecule has 0 atom stereocenters. The number of rotatable bonds is 5. The predicted molar refractivity (Wildman–Crippen MR) is 113 cm³/mol. The van der Waals surface area contributed by atoms with E-state index < -0.39 is 0 Å². The topological polar surface area (TPSA) is 117 Å². The molecular formula is C21H21N5O3. The van der Waals surface area contributed by atoms with E-state index in [0.29, 0.717) is 41.1 Å². The van der Waals surface area contributed by atoms with Crippen molar-refractivity contribution in [3.05, 3.63) is 58.4 Å². The molecule has 0 aliphatic carbocycles. The van der Waals surface area contributed by atoms with Crippen LogP contribution >= 0.6 is 0 Å². The maximum atomic E-state index is 12.6. The lowest BCUT2D eigenvalue weighted by molar-refractivity contribution is 0.0744. The molecule has 4 N–H and O–H groups in total. The van der Waals surface area contributed by atoms with Crippen molar-refractivity contribution in [3.63, 3.8) is 0 Å². The third-order valence-corrected chi connectivity index (χ3v) is 4.90. The Balaban J connectivity index is 1.80. The monoisotopic (exact) mass is 391 g/mol. The first-order valence-corrected chi connectivity index (χ1v) is 9.14. The number of fused-ring (bicyclic) bond motifs is 2. The summed E-state index contributed by atoms with van der Waals surface area (Å²) in [6.45, 7) is 0.925. The highest BCUT2D eigenvalue weighted by Gasteiger charge is 2.17. The van der Waals surface area contributed by atoms with Crippen LogP contribution in [0, 0.1) is 0 Å². The number of nitrogens with zero attached hydrogens (tertiary/aromatic N) is 2. The largest absolute Gasteiger partial charge is 0.396 e. The maximum Gasteiger partial charge on any atom is 0.276 e. The van der Waals surface area contributed by atoms with E-state index in [0.717, 1.165) is 10.9 Å². The lowest BCUT2D eigenvalue weighted by atomic mass is 10.1. The number of nitrogens with one attached hydrogen (secondary N) is 2. The summed E-state index contributed by atoms with van der Waals surface area (Å²) in [6.07, 6.45) is 0. The van der Waals surface area contributed by atoms with Crippen molar-refractivity contribution in [2.45, 2.75) is 0 Å². The summed E-state index contributed by atoms with van der Waals surface area (Å²) >= 11 is 0. The van der Waals surface area contributed by atoms with Gasteiger partial charge in [-0.2, -0.15) is 0 Å². The molecule has 0 bridgehead atoms. The molecule has 0 radical (unpaired) electrons. The van der Waals surface area contributed by atoms with Crippen molar-refractivity contribution in [1.82, 2.24) is 19.9 Å². The average molecular weight is 391 g/mol. The molecule has 0 aliphatic rings. The highest BCUT2D eigenvalue weighted by molar-refractivity contribution is 6.00. The van der Waals surface area contributed by atoms with Crippen LogP contribution in [0.3, 0.4) is 0 Å². The fourth-order valence-corrected chi connectivity index (χ4v) is 3.29. The van der Waals surface area contributed by atoms with Crippen LogP contribution in [0.4, 0.5) is 5.69 Å². The van der Waals surface area contributed by atoms with Gasteiger partial charge < -0.3 is 25.3 Å². The van der Waals surface area contributed by atoms with E-state index >= 15 is 0 Å².